The highest BCUT2D eigenvalue weighted by atomic mass is 15.1. The number of aryl methyl sites for hydroxylation is 2. The van der Waals surface area contributed by atoms with Gasteiger partial charge in [0.25, 0.3) is 0 Å². The lowest BCUT2D eigenvalue weighted by Gasteiger charge is -2.09. The molecule has 0 fully saturated rings. The normalized spacial score (nSPS) is 11.1. The van der Waals surface area contributed by atoms with Crippen molar-refractivity contribution in [3.8, 4) is 0 Å². The molecule has 20 heavy (non-hydrogen) atoms. The summed E-state index contributed by atoms with van der Waals surface area (Å²) in [5.41, 5.74) is 3.60. The summed E-state index contributed by atoms with van der Waals surface area (Å²) in [4.78, 5) is 8.73. The maximum absolute atomic E-state index is 4.50. The number of hydrogen-bond donors (Lipinski definition) is 1. The Morgan fingerprint density at radius 3 is 3.00 bits per heavy atom. The molecule has 1 aromatic carbocycles. The molecule has 0 aliphatic heterocycles. The van der Waals surface area contributed by atoms with E-state index in [4.69, 9.17) is 0 Å². The van der Waals surface area contributed by atoms with Crippen molar-refractivity contribution in [2.45, 2.75) is 19.5 Å². The van der Waals surface area contributed by atoms with Crippen LogP contribution in [0.2, 0.25) is 0 Å². The van der Waals surface area contributed by atoms with Gasteiger partial charge in [0.15, 0.2) is 0 Å². The molecule has 0 atom stereocenters. The van der Waals surface area contributed by atoms with Crippen molar-refractivity contribution < 1.29 is 0 Å². The molecule has 0 spiro atoms. The van der Waals surface area contributed by atoms with Crippen LogP contribution in [-0.2, 0) is 19.5 Å². The molecule has 1 N–H and O–H groups in total. The van der Waals surface area contributed by atoms with Crippen molar-refractivity contribution in [1.29, 1.82) is 0 Å². The van der Waals surface area contributed by atoms with Gasteiger partial charge in [-0.15, -0.1) is 0 Å². The summed E-state index contributed by atoms with van der Waals surface area (Å²) in [5, 5.41) is 4.37. The Kier molecular flexibility index (Phi) is 3.74. The van der Waals surface area contributed by atoms with Gasteiger partial charge in [-0.3, -0.25) is 4.98 Å². The molecule has 0 aliphatic carbocycles. The highest BCUT2D eigenvalue weighted by molar-refractivity contribution is 5.81. The molecule has 0 amide bonds. The Morgan fingerprint density at radius 2 is 2.10 bits per heavy atom. The molecular weight excluding hydrogens is 248 g/mol. The average molecular weight is 266 g/mol. The van der Waals surface area contributed by atoms with Crippen molar-refractivity contribution in [3.05, 3.63) is 60.3 Å². The zero-order valence-corrected chi connectivity index (χ0v) is 11.6. The minimum atomic E-state index is 0.841. The fraction of sp³-hybridized carbons (Fsp3) is 0.250. The Morgan fingerprint density at radius 1 is 1.20 bits per heavy atom. The third-order valence-corrected chi connectivity index (χ3v) is 3.49. The number of imidazole rings is 1. The summed E-state index contributed by atoms with van der Waals surface area (Å²) in [6.45, 7) is 1.76. The molecule has 3 rings (SSSR count). The van der Waals surface area contributed by atoms with Gasteiger partial charge in [-0.05, 0) is 25.1 Å². The Bertz CT molecular complexity index is 697. The second-order valence-corrected chi connectivity index (χ2v) is 4.85. The van der Waals surface area contributed by atoms with Crippen LogP contribution in [0.5, 0.6) is 0 Å². The van der Waals surface area contributed by atoms with Gasteiger partial charge in [-0.1, -0.05) is 24.3 Å². The van der Waals surface area contributed by atoms with E-state index >= 15 is 0 Å². The molecule has 0 bridgehead atoms. The maximum atomic E-state index is 4.50. The Hall–Kier alpha value is -2.20. The Balaban J connectivity index is 1.81. The number of benzene rings is 1. The minimum Gasteiger partial charge on any atom is -0.333 e. The molecule has 0 aliphatic rings. The van der Waals surface area contributed by atoms with Gasteiger partial charge >= 0.3 is 0 Å². The monoisotopic (exact) mass is 266 g/mol. The van der Waals surface area contributed by atoms with Crippen LogP contribution in [0, 0.1) is 0 Å². The van der Waals surface area contributed by atoms with Crippen molar-refractivity contribution in [3.63, 3.8) is 0 Å². The first-order valence-corrected chi connectivity index (χ1v) is 6.84. The number of nitrogens with zero attached hydrogens (tertiary/aromatic N) is 3. The van der Waals surface area contributed by atoms with Gasteiger partial charge in [0.1, 0.15) is 0 Å². The van der Waals surface area contributed by atoms with E-state index in [0.717, 1.165) is 25.0 Å². The number of nitrogens with one attached hydrogen (secondary N) is 1. The van der Waals surface area contributed by atoms with Crippen LogP contribution in [0.4, 0.5) is 0 Å². The number of para-hydroxylation sites is 1. The average Bonchev–Trinajstić information content (AvgIpc) is 2.93. The van der Waals surface area contributed by atoms with Crippen molar-refractivity contribution in [1.82, 2.24) is 19.9 Å². The summed E-state index contributed by atoms with van der Waals surface area (Å²) < 4.78 is 2.19. The number of fused-ring (bicyclic) bond motifs is 1. The third-order valence-electron chi connectivity index (χ3n) is 3.49. The molecule has 4 heteroatoms. The summed E-state index contributed by atoms with van der Waals surface area (Å²) in [7, 11) is 1.95. The molecule has 3 aromatic rings. The van der Waals surface area contributed by atoms with Crippen molar-refractivity contribution in [2.75, 3.05) is 7.05 Å². The molecular formula is C16H18N4. The van der Waals surface area contributed by atoms with Crippen molar-refractivity contribution in [2.24, 2.45) is 0 Å². The topological polar surface area (TPSA) is 42.7 Å². The van der Waals surface area contributed by atoms with E-state index in [9.17, 15) is 0 Å². The predicted octanol–water partition coefficient (Wildman–Crippen LogP) is 2.39. The predicted molar refractivity (Wildman–Crippen MR) is 80.4 cm³/mol. The quantitative estimate of drug-likeness (QED) is 0.771. The first-order valence-electron chi connectivity index (χ1n) is 6.84. The SMILES string of the molecule is CNCc1cncn1CCc1cccc2cccnc12. The number of rotatable bonds is 5. The lowest BCUT2D eigenvalue weighted by molar-refractivity contribution is 0.639. The smallest absolute Gasteiger partial charge is 0.0948 e. The van der Waals surface area contributed by atoms with E-state index in [1.54, 1.807) is 0 Å². The Labute approximate surface area is 118 Å². The van der Waals surface area contributed by atoms with Crippen LogP contribution >= 0.6 is 0 Å². The fourth-order valence-electron chi connectivity index (χ4n) is 2.49. The van der Waals surface area contributed by atoms with Crippen LogP contribution in [0.25, 0.3) is 10.9 Å². The van der Waals surface area contributed by atoms with Crippen molar-refractivity contribution >= 4 is 10.9 Å². The van der Waals surface area contributed by atoms with Crippen LogP contribution < -0.4 is 5.32 Å². The van der Waals surface area contributed by atoms with Gasteiger partial charge in [-0.2, -0.15) is 0 Å². The standard InChI is InChI=1S/C16H18N4/c1-17-10-15-11-18-12-20(15)9-7-14-5-2-4-13-6-3-8-19-16(13)14/h2-6,8,11-12,17H,7,9-10H2,1H3. The summed E-state index contributed by atoms with van der Waals surface area (Å²) in [6.07, 6.45) is 6.62. The number of aromatic nitrogens is 3. The van der Waals surface area contributed by atoms with Crippen LogP contribution in [-0.4, -0.2) is 21.6 Å². The second-order valence-electron chi connectivity index (χ2n) is 4.85. The molecule has 0 unspecified atom stereocenters. The first kappa shape index (κ1) is 12.8. The van der Waals surface area contributed by atoms with Gasteiger partial charge < -0.3 is 9.88 Å². The summed E-state index contributed by atoms with van der Waals surface area (Å²) >= 11 is 0. The van der Waals surface area contributed by atoms with E-state index < -0.39 is 0 Å². The highest BCUT2D eigenvalue weighted by Gasteiger charge is 2.04. The van der Waals surface area contributed by atoms with Crippen LogP contribution in [0.3, 0.4) is 0 Å². The molecule has 2 heterocycles. The maximum Gasteiger partial charge on any atom is 0.0948 e. The largest absolute Gasteiger partial charge is 0.333 e. The van der Waals surface area contributed by atoms with Gasteiger partial charge in [0.2, 0.25) is 0 Å². The summed E-state index contributed by atoms with van der Waals surface area (Å²) in [5.74, 6) is 0. The lowest BCUT2D eigenvalue weighted by Crippen LogP contribution is -2.12. The fourth-order valence-corrected chi connectivity index (χ4v) is 2.49. The van der Waals surface area contributed by atoms with Gasteiger partial charge in [0.05, 0.1) is 17.5 Å². The van der Waals surface area contributed by atoms with Gasteiger partial charge in [-0.25, -0.2) is 4.98 Å². The lowest BCUT2D eigenvalue weighted by atomic mass is 10.1. The summed E-state index contributed by atoms with van der Waals surface area (Å²) in [6, 6.07) is 10.4. The molecule has 2 aromatic heterocycles. The van der Waals surface area contributed by atoms with E-state index in [2.05, 4.69) is 44.1 Å². The van der Waals surface area contributed by atoms with Gasteiger partial charge in [0, 0.05) is 30.9 Å². The van der Waals surface area contributed by atoms with Crippen LogP contribution in [0.1, 0.15) is 11.3 Å². The number of pyridine rings is 1. The highest BCUT2D eigenvalue weighted by Crippen LogP contribution is 2.17. The van der Waals surface area contributed by atoms with E-state index in [1.165, 1.54) is 16.6 Å². The zero-order chi connectivity index (χ0) is 13.8. The molecule has 0 saturated carbocycles. The van der Waals surface area contributed by atoms with E-state index in [-0.39, 0.29) is 0 Å². The van der Waals surface area contributed by atoms with E-state index in [1.807, 2.05) is 31.8 Å². The first-order chi connectivity index (χ1) is 9.88. The van der Waals surface area contributed by atoms with Crippen LogP contribution in [0.15, 0.2) is 49.1 Å². The second kappa shape index (κ2) is 5.84. The minimum absolute atomic E-state index is 0.841. The number of hydrogen-bond acceptors (Lipinski definition) is 3. The molecule has 0 saturated heterocycles. The zero-order valence-electron chi connectivity index (χ0n) is 11.6. The van der Waals surface area contributed by atoms with E-state index in [0.29, 0.717) is 0 Å². The molecule has 4 nitrogen and oxygen atoms in total. The third kappa shape index (κ3) is 2.56. The molecule has 0 radical (unpaired) electrons. The molecule has 102 valence electrons.